The Bertz CT molecular complexity index is 1670. The molecule has 15 heteroatoms. The monoisotopic (exact) mass is 574 g/mol. The van der Waals surface area contributed by atoms with Crippen molar-refractivity contribution < 1.29 is 32.2 Å². The van der Waals surface area contributed by atoms with Crippen LogP contribution in [0.4, 0.5) is 16.0 Å². The van der Waals surface area contributed by atoms with Gasteiger partial charge in [-0.2, -0.15) is 0 Å². The SMILES string of the molecule is Cn1cc(C(=O)O)c(=O)c2cc(F)c(N3CCC(CCNS(=O)(=O)Cc4ccc5c(n4)NC(=O)CO5)CC3)nc21. The largest absolute Gasteiger partial charge is 0.480 e. The molecular weight excluding hydrogens is 547 g/mol. The van der Waals surface area contributed by atoms with Crippen molar-refractivity contribution in [3.63, 3.8) is 0 Å². The molecule has 3 aromatic heterocycles. The highest BCUT2D eigenvalue weighted by Crippen LogP contribution is 2.28. The average molecular weight is 575 g/mol. The summed E-state index contributed by atoms with van der Waals surface area (Å²) in [5.74, 6) is -1.93. The summed E-state index contributed by atoms with van der Waals surface area (Å²) in [4.78, 5) is 45.5. The maximum atomic E-state index is 15.0. The van der Waals surface area contributed by atoms with Crippen LogP contribution in [0.25, 0.3) is 11.0 Å². The minimum absolute atomic E-state index is 0.0869. The zero-order chi connectivity index (χ0) is 28.6. The van der Waals surface area contributed by atoms with Gasteiger partial charge in [0.05, 0.1) is 11.1 Å². The van der Waals surface area contributed by atoms with Crippen LogP contribution in [-0.4, -0.2) is 66.2 Å². The number of aromatic nitrogens is 3. The third-order valence-electron chi connectivity index (χ3n) is 6.97. The van der Waals surface area contributed by atoms with E-state index < -0.39 is 32.8 Å². The molecule has 3 N–H and O–H groups in total. The number of carbonyl (C=O) groups excluding carboxylic acids is 1. The summed E-state index contributed by atoms with van der Waals surface area (Å²) in [6.45, 7) is 1.09. The molecule has 5 heterocycles. The molecule has 0 spiro atoms. The normalized spacial score (nSPS) is 15.9. The number of carboxylic acids is 1. The first-order chi connectivity index (χ1) is 19.0. The molecule has 2 aliphatic rings. The van der Waals surface area contributed by atoms with Gasteiger partial charge in [-0.3, -0.25) is 9.59 Å². The van der Waals surface area contributed by atoms with E-state index in [1.807, 2.05) is 0 Å². The molecular formula is C25H27FN6O7S. The summed E-state index contributed by atoms with van der Waals surface area (Å²) in [5, 5.41) is 11.7. The lowest BCUT2D eigenvalue weighted by molar-refractivity contribution is -0.118. The predicted molar refractivity (Wildman–Crippen MR) is 142 cm³/mol. The highest BCUT2D eigenvalue weighted by molar-refractivity contribution is 7.88. The first-order valence-electron chi connectivity index (χ1n) is 12.6. The number of sulfonamides is 1. The van der Waals surface area contributed by atoms with Gasteiger partial charge < -0.3 is 24.6 Å². The topological polar surface area (TPSA) is 173 Å². The molecule has 13 nitrogen and oxygen atoms in total. The van der Waals surface area contributed by atoms with Gasteiger partial charge in [0, 0.05) is 32.9 Å². The van der Waals surface area contributed by atoms with Crippen molar-refractivity contribution in [1.82, 2.24) is 19.3 Å². The van der Waals surface area contributed by atoms with Crippen molar-refractivity contribution >= 4 is 44.6 Å². The number of pyridine rings is 3. The van der Waals surface area contributed by atoms with Crippen molar-refractivity contribution in [2.75, 3.05) is 36.5 Å². The van der Waals surface area contributed by atoms with Gasteiger partial charge in [0.1, 0.15) is 17.0 Å². The zero-order valence-electron chi connectivity index (χ0n) is 21.5. The van der Waals surface area contributed by atoms with Gasteiger partial charge >= 0.3 is 5.97 Å². The van der Waals surface area contributed by atoms with Crippen molar-refractivity contribution in [1.29, 1.82) is 0 Å². The second kappa shape index (κ2) is 10.8. The van der Waals surface area contributed by atoms with Crippen molar-refractivity contribution in [2.45, 2.75) is 25.0 Å². The van der Waals surface area contributed by atoms with E-state index in [1.165, 1.54) is 16.8 Å². The number of carbonyl (C=O) groups is 2. The number of hydrogen-bond acceptors (Lipinski definition) is 9. The first-order valence-corrected chi connectivity index (χ1v) is 14.2. The van der Waals surface area contributed by atoms with E-state index in [1.54, 1.807) is 18.0 Å². The molecule has 40 heavy (non-hydrogen) atoms. The lowest BCUT2D eigenvalue weighted by Crippen LogP contribution is -2.36. The molecule has 0 aliphatic carbocycles. The Labute approximate surface area is 228 Å². The lowest BCUT2D eigenvalue weighted by Gasteiger charge is -2.33. The molecule has 0 unspecified atom stereocenters. The van der Waals surface area contributed by atoms with E-state index in [4.69, 9.17) is 4.74 Å². The van der Waals surface area contributed by atoms with Gasteiger partial charge in [-0.15, -0.1) is 0 Å². The molecule has 212 valence electrons. The first kappa shape index (κ1) is 27.5. The number of piperidine rings is 1. The Morgan fingerprint density at radius 2 is 2.00 bits per heavy atom. The van der Waals surface area contributed by atoms with E-state index >= 15 is 0 Å². The number of rotatable bonds is 8. The van der Waals surface area contributed by atoms with Gasteiger partial charge in [0.25, 0.3) is 5.91 Å². The number of nitrogens with zero attached hydrogens (tertiary/aromatic N) is 4. The summed E-state index contributed by atoms with van der Waals surface area (Å²) in [5.41, 5.74) is -0.788. The summed E-state index contributed by atoms with van der Waals surface area (Å²) in [6, 6.07) is 4.14. The average Bonchev–Trinajstić information content (AvgIpc) is 2.90. The molecule has 5 rings (SSSR count). The molecule has 0 radical (unpaired) electrons. The number of hydrogen-bond donors (Lipinski definition) is 3. The lowest BCUT2D eigenvalue weighted by atomic mass is 9.93. The highest BCUT2D eigenvalue weighted by Gasteiger charge is 2.25. The fraction of sp³-hybridized carbons (Fsp3) is 0.400. The van der Waals surface area contributed by atoms with Crippen LogP contribution in [0.1, 0.15) is 35.3 Å². The fourth-order valence-corrected chi connectivity index (χ4v) is 6.00. The van der Waals surface area contributed by atoms with Crippen LogP contribution in [0.5, 0.6) is 5.75 Å². The third-order valence-corrected chi connectivity index (χ3v) is 8.29. The highest BCUT2D eigenvalue weighted by atomic mass is 32.2. The van der Waals surface area contributed by atoms with Crippen LogP contribution in [0.3, 0.4) is 0 Å². The Hall–Kier alpha value is -4.11. The Balaban J connectivity index is 1.16. The smallest absolute Gasteiger partial charge is 0.341 e. The van der Waals surface area contributed by atoms with Gasteiger partial charge in [-0.25, -0.2) is 32.3 Å². The van der Waals surface area contributed by atoms with Crippen molar-refractivity contribution in [2.24, 2.45) is 13.0 Å². The molecule has 1 saturated heterocycles. The minimum Gasteiger partial charge on any atom is -0.480 e. The van der Waals surface area contributed by atoms with Gasteiger partial charge in [-0.1, -0.05) is 0 Å². The zero-order valence-corrected chi connectivity index (χ0v) is 22.3. The van der Waals surface area contributed by atoms with Crippen LogP contribution < -0.4 is 25.1 Å². The number of aromatic carboxylic acids is 1. The van der Waals surface area contributed by atoms with E-state index in [9.17, 15) is 32.3 Å². The summed E-state index contributed by atoms with van der Waals surface area (Å²) in [6.07, 6.45) is 3.13. The number of nitrogens with one attached hydrogen (secondary N) is 2. The Kier molecular flexibility index (Phi) is 7.42. The molecule has 3 aromatic rings. The molecule has 0 atom stereocenters. The number of ether oxygens (including phenoxy) is 1. The third kappa shape index (κ3) is 5.74. The molecule has 1 amide bonds. The molecule has 0 saturated carbocycles. The van der Waals surface area contributed by atoms with Crippen molar-refractivity contribution in [3.8, 4) is 5.75 Å². The van der Waals surface area contributed by atoms with Crippen molar-refractivity contribution in [3.05, 3.63) is 51.7 Å². The molecule has 1 fully saturated rings. The molecule has 2 aliphatic heterocycles. The number of carboxylic acid groups (broad SMARTS) is 1. The quantitative estimate of drug-likeness (QED) is 0.355. The summed E-state index contributed by atoms with van der Waals surface area (Å²) < 4.78 is 49.3. The van der Waals surface area contributed by atoms with Crippen LogP contribution in [0.2, 0.25) is 0 Å². The van der Waals surface area contributed by atoms with Crippen LogP contribution in [-0.2, 0) is 27.6 Å². The number of aryl methyl sites for hydroxylation is 1. The molecule has 0 aromatic carbocycles. The second-order valence-electron chi connectivity index (χ2n) is 9.81. The van der Waals surface area contributed by atoms with Gasteiger partial charge in [0.15, 0.2) is 29.8 Å². The fourth-order valence-electron chi connectivity index (χ4n) is 4.92. The minimum atomic E-state index is -3.67. The predicted octanol–water partition coefficient (Wildman–Crippen LogP) is 1.22. The molecule has 0 bridgehead atoms. The van der Waals surface area contributed by atoms with Crippen LogP contribution >= 0.6 is 0 Å². The Morgan fingerprint density at radius 1 is 1.25 bits per heavy atom. The number of amides is 1. The van der Waals surface area contributed by atoms with E-state index in [-0.39, 0.29) is 59.1 Å². The standard InChI is InChI=1S/C25H27FN6O7S/c1-31-11-17(25(35)36)21(34)16-10-18(26)24(30-23(16)31)32-8-5-14(6-9-32)4-7-27-40(37,38)13-15-2-3-19-22(28-15)29-20(33)12-39-19/h2-3,10-11,14,27H,4-9,12-13H2,1H3,(H,35,36)(H,28,29,33). The van der Waals surface area contributed by atoms with E-state index in [0.29, 0.717) is 38.1 Å². The van der Waals surface area contributed by atoms with Gasteiger partial charge in [0.2, 0.25) is 15.5 Å². The number of anilines is 2. The Morgan fingerprint density at radius 3 is 2.73 bits per heavy atom. The summed E-state index contributed by atoms with van der Waals surface area (Å²) >= 11 is 0. The van der Waals surface area contributed by atoms with Gasteiger partial charge in [-0.05, 0) is 43.4 Å². The number of halogens is 1. The number of fused-ring (bicyclic) bond motifs is 2. The van der Waals surface area contributed by atoms with E-state index in [0.717, 1.165) is 6.07 Å². The van der Waals surface area contributed by atoms with Crippen LogP contribution in [0.15, 0.2) is 29.2 Å². The second-order valence-corrected chi connectivity index (χ2v) is 11.6. The maximum Gasteiger partial charge on any atom is 0.341 e. The van der Waals surface area contributed by atoms with Crippen LogP contribution in [0, 0.1) is 11.7 Å². The summed E-state index contributed by atoms with van der Waals surface area (Å²) in [7, 11) is -2.13. The maximum absolute atomic E-state index is 15.0. The van der Waals surface area contributed by atoms with E-state index in [2.05, 4.69) is 20.0 Å².